The molecule has 0 fully saturated rings. The number of likely N-dealkylation sites (N-methyl/N-ethyl adjacent to an activating group) is 1. The first-order valence-electron chi connectivity index (χ1n) is 7.97. The molecule has 6 heteroatoms. The van der Waals surface area contributed by atoms with Gasteiger partial charge in [-0.3, -0.25) is 14.4 Å². The molecule has 0 atom stereocenters. The number of carbonyl (C=O) groups is 3. The molecule has 0 aliphatic heterocycles. The lowest BCUT2D eigenvalue weighted by Crippen LogP contribution is -2.37. The summed E-state index contributed by atoms with van der Waals surface area (Å²) in [6.07, 6.45) is 0.131. The van der Waals surface area contributed by atoms with E-state index in [9.17, 15) is 14.4 Å². The zero-order valence-electron chi connectivity index (χ0n) is 15.1. The van der Waals surface area contributed by atoms with Crippen molar-refractivity contribution in [2.45, 2.75) is 32.6 Å². The van der Waals surface area contributed by atoms with Crippen molar-refractivity contribution in [3.63, 3.8) is 0 Å². The lowest BCUT2D eigenvalue weighted by atomic mass is 9.87. The van der Waals surface area contributed by atoms with Gasteiger partial charge in [-0.2, -0.15) is 0 Å². The Hall–Kier alpha value is -2.37. The fourth-order valence-electron chi connectivity index (χ4n) is 1.93. The maximum atomic E-state index is 12.0. The van der Waals surface area contributed by atoms with Gasteiger partial charge in [-0.15, -0.1) is 0 Å². The van der Waals surface area contributed by atoms with E-state index < -0.39 is 0 Å². The van der Waals surface area contributed by atoms with Gasteiger partial charge in [-0.05, 0) is 23.1 Å². The Bertz CT molecular complexity index is 587. The Balaban J connectivity index is 2.38. The molecule has 1 aromatic rings. The normalized spacial score (nSPS) is 10.9. The van der Waals surface area contributed by atoms with Crippen LogP contribution in [0.1, 0.15) is 43.1 Å². The number of carbonyl (C=O) groups excluding carboxylic acids is 3. The molecule has 0 aliphatic rings. The minimum atomic E-state index is -0.270. The largest absolute Gasteiger partial charge is 0.352 e. The van der Waals surface area contributed by atoms with E-state index >= 15 is 0 Å². The van der Waals surface area contributed by atoms with Crippen LogP contribution in [-0.4, -0.2) is 49.8 Å². The summed E-state index contributed by atoms with van der Waals surface area (Å²) in [6, 6.07) is 7.44. The molecule has 0 saturated heterocycles. The van der Waals surface area contributed by atoms with Crippen molar-refractivity contribution in [1.29, 1.82) is 0 Å². The highest BCUT2D eigenvalue weighted by Crippen LogP contribution is 2.22. The molecule has 0 saturated carbocycles. The number of amides is 3. The predicted molar refractivity (Wildman–Crippen MR) is 93.8 cm³/mol. The summed E-state index contributed by atoms with van der Waals surface area (Å²) >= 11 is 0. The lowest BCUT2D eigenvalue weighted by molar-refractivity contribution is -0.130. The molecule has 0 bridgehead atoms. The molecule has 6 nitrogen and oxygen atoms in total. The van der Waals surface area contributed by atoms with E-state index in [4.69, 9.17) is 0 Å². The fourth-order valence-corrected chi connectivity index (χ4v) is 1.93. The zero-order chi connectivity index (χ0) is 18.3. The van der Waals surface area contributed by atoms with Crippen LogP contribution in [0.2, 0.25) is 0 Å². The van der Waals surface area contributed by atoms with E-state index in [1.165, 1.54) is 4.90 Å². The highest BCUT2D eigenvalue weighted by atomic mass is 16.2. The number of hydrogen-bond donors (Lipinski definition) is 2. The van der Waals surface area contributed by atoms with Gasteiger partial charge in [-0.1, -0.05) is 32.9 Å². The van der Waals surface area contributed by atoms with Crippen molar-refractivity contribution < 1.29 is 14.4 Å². The van der Waals surface area contributed by atoms with Crippen LogP contribution in [0.25, 0.3) is 0 Å². The van der Waals surface area contributed by atoms with E-state index in [0.29, 0.717) is 5.56 Å². The van der Waals surface area contributed by atoms with Crippen LogP contribution in [0.15, 0.2) is 24.3 Å². The fraction of sp³-hybridized carbons (Fsp3) is 0.500. The number of nitrogens with zero attached hydrogens (tertiary/aromatic N) is 1. The van der Waals surface area contributed by atoms with Crippen LogP contribution in [0, 0.1) is 0 Å². The third kappa shape index (κ3) is 6.40. The number of hydrogen-bond acceptors (Lipinski definition) is 3. The Kier molecular flexibility index (Phi) is 6.95. The third-order valence-corrected chi connectivity index (χ3v) is 3.59. The van der Waals surface area contributed by atoms with Gasteiger partial charge in [0.2, 0.25) is 11.8 Å². The van der Waals surface area contributed by atoms with Gasteiger partial charge < -0.3 is 15.5 Å². The van der Waals surface area contributed by atoms with Crippen molar-refractivity contribution in [1.82, 2.24) is 15.5 Å². The molecule has 1 rings (SSSR count). The summed E-state index contributed by atoms with van der Waals surface area (Å²) in [5.74, 6) is -0.660. The van der Waals surface area contributed by atoms with Crippen LogP contribution in [0.3, 0.4) is 0 Å². The van der Waals surface area contributed by atoms with Crippen LogP contribution in [0.4, 0.5) is 0 Å². The van der Waals surface area contributed by atoms with Crippen molar-refractivity contribution in [3.8, 4) is 0 Å². The van der Waals surface area contributed by atoms with Crippen molar-refractivity contribution in [2.24, 2.45) is 0 Å². The van der Waals surface area contributed by atoms with E-state index in [1.54, 1.807) is 26.2 Å². The first-order chi connectivity index (χ1) is 11.1. The average molecular weight is 333 g/mol. The number of benzene rings is 1. The highest BCUT2D eigenvalue weighted by Gasteiger charge is 2.14. The molecule has 0 aromatic heterocycles. The molecule has 132 valence electrons. The molecule has 2 N–H and O–H groups in total. The maximum absolute atomic E-state index is 12.0. The molecule has 0 heterocycles. The second-order valence-electron chi connectivity index (χ2n) is 6.90. The summed E-state index contributed by atoms with van der Waals surface area (Å²) in [5, 5.41) is 5.22. The topological polar surface area (TPSA) is 78.5 Å². The Morgan fingerprint density at radius 2 is 1.58 bits per heavy atom. The summed E-state index contributed by atoms with van der Waals surface area (Å²) < 4.78 is 0. The number of rotatable bonds is 6. The Labute approximate surface area is 143 Å². The van der Waals surface area contributed by atoms with Crippen LogP contribution >= 0.6 is 0 Å². The van der Waals surface area contributed by atoms with Gasteiger partial charge in [0.05, 0.1) is 6.54 Å². The first kappa shape index (κ1) is 19.7. The van der Waals surface area contributed by atoms with Crippen molar-refractivity contribution in [3.05, 3.63) is 35.4 Å². The van der Waals surface area contributed by atoms with E-state index in [1.807, 2.05) is 12.1 Å². The first-order valence-corrected chi connectivity index (χ1v) is 7.97. The standard InChI is InChI=1S/C18H27N3O3/c1-18(2,3)14-8-6-13(7-9-14)17(24)19-11-10-15(22)20-12-16(23)21(4)5/h6-9H,10-12H2,1-5H3,(H,19,24)(H,20,22). The average Bonchev–Trinajstić information content (AvgIpc) is 2.51. The van der Waals surface area contributed by atoms with E-state index in [-0.39, 0.29) is 42.6 Å². The smallest absolute Gasteiger partial charge is 0.251 e. The zero-order valence-corrected chi connectivity index (χ0v) is 15.1. The van der Waals surface area contributed by atoms with Gasteiger partial charge in [-0.25, -0.2) is 0 Å². The monoisotopic (exact) mass is 333 g/mol. The Morgan fingerprint density at radius 1 is 1.00 bits per heavy atom. The van der Waals surface area contributed by atoms with E-state index in [0.717, 1.165) is 5.56 Å². The lowest BCUT2D eigenvalue weighted by Gasteiger charge is -2.19. The third-order valence-electron chi connectivity index (χ3n) is 3.59. The molecule has 3 amide bonds. The van der Waals surface area contributed by atoms with Gasteiger partial charge >= 0.3 is 0 Å². The Morgan fingerprint density at radius 3 is 2.08 bits per heavy atom. The minimum Gasteiger partial charge on any atom is -0.352 e. The summed E-state index contributed by atoms with van der Waals surface area (Å²) in [7, 11) is 3.25. The van der Waals surface area contributed by atoms with Crippen molar-refractivity contribution in [2.75, 3.05) is 27.2 Å². The summed E-state index contributed by atoms with van der Waals surface area (Å²) in [5.41, 5.74) is 1.76. The molecular weight excluding hydrogens is 306 g/mol. The molecule has 0 aliphatic carbocycles. The molecule has 0 unspecified atom stereocenters. The van der Waals surface area contributed by atoms with Crippen molar-refractivity contribution >= 4 is 17.7 Å². The minimum absolute atomic E-state index is 0.0337. The van der Waals surface area contributed by atoms with Gasteiger partial charge in [0.15, 0.2) is 0 Å². The summed E-state index contributed by atoms with van der Waals surface area (Å²) in [4.78, 5) is 36.4. The number of nitrogens with one attached hydrogen (secondary N) is 2. The molecular formula is C18H27N3O3. The van der Waals surface area contributed by atoms with E-state index in [2.05, 4.69) is 31.4 Å². The second-order valence-corrected chi connectivity index (χ2v) is 6.90. The molecule has 0 spiro atoms. The highest BCUT2D eigenvalue weighted by molar-refractivity contribution is 5.94. The van der Waals surface area contributed by atoms with Gasteiger partial charge in [0.25, 0.3) is 5.91 Å². The molecule has 1 aromatic carbocycles. The van der Waals surface area contributed by atoms with Gasteiger partial charge in [0, 0.05) is 32.6 Å². The van der Waals surface area contributed by atoms with Gasteiger partial charge in [0.1, 0.15) is 0 Å². The van der Waals surface area contributed by atoms with Crippen LogP contribution in [0.5, 0.6) is 0 Å². The van der Waals surface area contributed by atoms with Crippen LogP contribution < -0.4 is 10.6 Å². The molecule has 0 radical (unpaired) electrons. The SMILES string of the molecule is CN(C)C(=O)CNC(=O)CCNC(=O)c1ccc(C(C)(C)C)cc1. The quantitative estimate of drug-likeness (QED) is 0.824. The summed E-state index contributed by atoms with van der Waals surface area (Å²) in [6.45, 7) is 6.53. The maximum Gasteiger partial charge on any atom is 0.251 e. The predicted octanol–water partition coefficient (Wildman–Crippen LogP) is 1.31. The second kappa shape index (κ2) is 8.47. The molecule has 24 heavy (non-hydrogen) atoms. The van der Waals surface area contributed by atoms with Crippen LogP contribution in [-0.2, 0) is 15.0 Å².